The Bertz CT molecular complexity index is 1170. The van der Waals surface area contributed by atoms with Crippen LogP contribution in [0.5, 0.6) is 11.5 Å². The van der Waals surface area contributed by atoms with Crippen LogP contribution < -0.4 is 14.8 Å². The van der Waals surface area contributed by atoms with E-state index in [-0.39, 0.29) is 23.6 Å². The van der Waals surface area contributed by atoms with E-state index in [0.717, 1.165) is 6.07 Å². The molecule has 1 aliphatic rings. The van der Waals surface area contributed by atoms with Crippen molar-refractivity contribution in [1.29, 1.82) is 0 Å². The van der Waals surface area contributed by atoms with Crippen molar-refractivity contribution in [3.05, 3.63) is 64.3 Å². The lowest BCUT2D eigenvalue weighted by Gasteiger charge is -2.17. The molecular formula is C23H21F6N3O3. The van der Waals surface area contributed by atoms with E-state index in [1.54, 1.807) is 26.1 Å². The number of aliphatic imine (C=N–C) groups is 1. The summed E-state index contributed by atoms with van der Waals surface area (Å²) in [5.74, 6) is 0.697. The Morgan fingerprint density at radius 3 is 2.31 bits per heavy atom. The first kappa shape index (κ1) is 25.9. The Hall–Kier alpha value is -3.70. The topological polar surface area (TPSA) is 63.2 Å². The highest BCUT2D eigenvalue weighted by Gasteiger charge is 2.38. The molecule has 3 rings (SSSR count). The number of amides is 2. The van der Waals surface area contributed by atoms with Crippen LogP contribution in [0.15, 0.2) is 47.1 Å². The fourth-order valence-electron chi connectivity index (χ4n) is 3.47. The number of hydrogen-bond acceptors (Lipinski definition) is 4. The SMILES string of the molecule is CCN1C(=O)NC(=Cc2ccc(OCc3ccc(C(F)(F)F)cc3C(F)(F)F)c(OC)c2)C1=NC. The Labute approximate surface area is 196 Å². The van der Waals surface area contributed by atoms with E-state index in [1.807, 2.05) is 0 Å². The van der Waals surface area contributed by atoms with Crippen molar-refractivity contribution in [3.8, 4) is 11.5 Å². The number of amidine groups is 1. The maximum atomic E-state index is 13.4. The summed E-state index contributed by atoms with van der Waals surface area (Å²) in [5, 5.41) is 2.70. The Morgan fingerprint density at radius 1 is 1.03 bits per heavy atom. The molecule has 12 heteroatoms. The standard InChI is InChI=1S/C23H21F6N3O3/c1-4-32-20(30-2)17(31-21(32)33)9-13-5-8-18(19(10-13)34-3)35-12-14-6-7-15(22(24,25)26)11-16(14)23(27,28)29/h5-11H,4,12H2,1-3H3,(H,31,33). The predicted octanol–water partition coefficient (Wildman–Crippen LogP) is 5.73. The van der Waals surface area contributed by atoms with Crippen molar-refractivity contribution in [2.75, 3.05) is 20.7 Å². The summed E-state index contributed by atoms with van der Waals surface area (Å²) >= 11 is 0. The molecule has 0 spiro atoms. The van der Waals surface area contributed by atoms with Gasteiger partial charge in [0.1, 0.15) is 6.61 Å². The number of rotatable bonds is 6. The summed E-state index contributed by atoms with van der Waals surface area (Å²) in [7, 11) is 2.87. The van der Waals surface area contributed by atoms with E-state index in [9.17, 15) is 31.1 Å². The smallest absolute Gasteiger partial charge is 0.416 e. The Kier molecular flexibility index (Phi) is 7.32. The van der Waals surface area contributed by atoms with Crippen molar-refractivity contribution >= 4 is 17.9 Å². The monoisotopic (exact) mass is 501 g/mol. The minimum Gasteiger partial charge on any atom is -0.493 e. The molecule has 0 bridgehead atoms. The lowest BCUT2D eigenvalue weighted by Crippen LogP contribution is -2.30. The van der Waals surface area contributed by atoms with Crippen LogP contribution in [0, 0.1) is 0 Å². The summed E-state index contributed by atoms with van der Waals surface area (Å²) in [6.07, 6.45) is -8.28. The minimum atomic E-state index is -5.00. The molecule has 0 saturated carbocycles. The van der Waals surface area contributed by atoms with Crippen molar-refractivity contribution in [2.24, 2.45) is 4.99 Å². The molecule has 0 aromatic heterocycles. The number of halogens is 6. The van der Waals surface area contributed by atoms with Gasteiger partial charge >= 0.3 is 18.4 Å². The van der Waals surface area contributed by atoms with Crippen LogP contribution in [0.3, 0.4) is 0 Å². The van der Waals surface area contributed by atoms with Crippen molar-refractivity contribution in [1.82, 2.24) is 10.2 Å². The Morgan fingerprint density at radius 2 is 1.74 bits per heavy atom. The van der Waals surface area contributed by atoms with Crippen molar-refractivity contribution < 1.29 is 40.6 Å². The van der Waals surface area contributed by atoms with E-state index >= 15 is 0 Å². The minimum absolute atomic E-state index is 0.0631. The lowest BCUT2D eigenvalue weighted by atomic mass is 10.0. The summed E-state index contributed by atoms with van der Waals surface area (Å²) in [5.41, 5.74) is -2.27. The fourth-order valence-corrected chi connectivity index (χ4v) is 3.47. The molecule has 1 fully saturated rings. The zero-order chi connectivity index (χ0) is 26.0. The van der Waals surface area contributed by atoms with Gasteiger partial charge in [-0.05, 0) is 42.8 Å². The first-order valence-electron chi connectivity index (χ1n) is 10.2. The van der Waals surface area contributed by atoms with Gasteiger partial charge in [-0.1, -0.05) is 12.1 Å². The van der Waals surface area contributed by atoms with Crippen molar-refractivity contribution in [3.63, 3.8) is 0 Å². The summed E-state index contributed by atoms with van der Waals surface area (Å²) in [4.78, 5) is 17.6. The second-order valence-corrected chi connectivity index (χ2v) is 7.35. The van der Waals surface area contributed by atoms with Gasteiger partial charge in [0.05, 0.1) is 23.9 Å². The highest BCUT2D eigenvalue weighted by molar-refractivity contribution is 6.16. The van der Waals surface area contributed by atoms with E-state index in [2.05, 4.69) is 10.3 Å². The first-order chi connectivity index (χ1) is 16.4. The van der Waals surface area contributed by atoms with Gasteiger partial charge in [-0.15, -0.1) is 0 Å². The summed E-state index contributed by atoms with van der Waals surface area (Å²) in [6.45, 7) is 1.57. The van der Waals surface area contributed by atoms with Gasteiger partial charge in [0, 0.05) is 19.2 Å². The molecule has 0 unspecified atom stereocenters. The maximum Gasteiger partial charge on any atom is 0.416 e. The van der Waals surface area contributed by atoms with E-state index < -0.39 is 35.6 Å². The van der Waals surface area contributed by atoms with Gasteiger partial charge in [-0.3, -0.25) is 9.89 Å². The van der Waals surface area contributed by atoms with E-state index in [1.165, 1.54) is 24.1 Å². The van der Waals surface area contributed by atoms with Crippen LogP contribution in [0.1, 0.15) is 29.2 Å². The zero-order valence-electron chi connectivity index (χ0n) is 18.8. The van der Waals surface area contributed by atoms with E-state index in [4.69, 9.17) is 9.47 Å². The van der Waals surface area contributed by atoms with Crippen LogP contribution >= 0.6 is 0 Å². The van der Waals surface area contributed by atoms with Crippen molar-refractivity contribution in [2.45, 2.75) is 25.9 Å². The van der Waals surface area contributed by atoms with Crippen LogP contribution in [0.2, 0.25) is 0 Å². The average molecular weight is 501 g/mol. The average Bonchev–Trinajstić information content (AvgIpc) is 3.10. The van der Waals surface area contributed by atoms with Crippen LogP contribution in [-0.4, -0.2) is 37.5 Å². The first-order valence-corrected chi connectivity index (χ1v) is 10.2. The quantitative estimate of drug-likeness (QED) is 0.515. The molecule has 1 heterocycles. The second-order valence-electron chi connectivity index (χ2n) is 7.35. The maximum absolute atomic E-state index is 13.4. The van der Waals surface area contributed by atoms with Gasteiger partial charge in [0.25, 0.3) is 0 Å². The molecule has 2 aromatic carbocycles. The van der Waals surface area contributed by atoms with Crippen LogP contribution in [0.25, 0.3) is 6.08 Å². The highest BCUT2D eigenvalue weighted by atomic mass is 19.4. The van der Waals surface area contributed by atoms with Gasteiger partial charge in [0.2, 0.25) is 0 Å². The molecule has 0 radical (unpaired) electrons. The highest BCUT2D eigenvalue weighted by Crippen LogP contribution is 2.38. The number of benzene rings is 2. The third-order valence-corrected chi connectivity index (χ3v) is 5.14. The number of carbonyl (C=O) groups excluding carboxylic acids is 1. The molecule has 1 saturated heterocycles. The van der Waals surface area contributed by atoms with Gasteiger partial charge in [-0.25, -0.2) is 4.79 Å². The normalized spacial score (nSPS) is 16.7. The molecule has 1 N–H and O–H groups in total. The number of nitrogens with one attached hydrogen (secondary N) is 1. The number of methoxy groups -OCH3 is 1. The largest absolute Gasteiger partial charge is 0.493 e. The number of nitrogens with zero attached hydrogens (tertiary/aromatic N) is 2. The molecule has 2 aromatic rings. The fraction of sp³-hybridized carbons (Fsp3) is 0.304. The summed E-state index contributed by atoms with van der Waals surface area (Å²) in [6, 6.07) is 5.61. The van der Waals surface area contributed by atoms with Gasteiger partial charge < -0.3 is 14.8 Å². The zero-order valence-corrected chi connectivity index (χ0v) is 18.8. The second kappa shape index (κ2) is 9.88. The molecule has 0 atom stereocenters. The third kappa shape index (κ3) is 5.69. The number of ether oxygens (including phenoxy) is 2. The number of urea groups is 1. The number of alkyl halides is 6. The number of carbonyl (C=O) groups is 1. The number of likely N-dealkylation sites (N-methyl/N-ethyl adjacent to an activating group) is 1. The molecule has 35 heavy (non-hydrogen) atoms. The Balaban J connectivity index is 1.86. The van der Waals surface area contributed by atoms with E-state index in [0.29, 0.717) is 29.7 Å². The number of hydrogen-bond donors (Lipinski definition) is 1. The summed E-state index contributed by atoms with van der Waals surface area (Å²) < 4.78 is 89.5. The van der Waals surface area contributed by atoms with Crippen LogP contribution in [0.4, 0.5) is 31.1 Å². The molecule has 2 amide bonds. The third-order valence-electron chi connectivity index (χ3n) is 5.14. The molecule has 188 valence electrons. The molecule has 1 aliphatic heterocycles. The molecule has 6 nitrogen and oxygen atoms in total. The predicted molar refractivity (Wildman–Crippen MR) is 116 cm³/mol. The van der Waals surface area contributed by atoms with Crippen LogP contribution in [-0.2, 0) is 19.0 Å². The molecule has 0 aliphatic carbocycles. The van der Waals surface area contributed by atoms with Gasteiger partial charge in [0.15, 0.2) is 17.3 Å². The van der Waals surface area contributed by atoms with Gasteiger partial charge in [-0.2, -0.15) is 26.3 Å². The lowest BCUT2D eigenvalue weighted by molar-refractivity contribution is -0.143. The molecular weight excluding hydrogens is 480 g/mol.